The molecule has 0 fully saturated rings. The van der Waals surface area contributed by atoms with Crippen LogP contribution in [0.15, 0.2) is 42.5 Å². The van der Waals surface area contributed by atoms with Gasteiger partial charge in [0.05, 0.1) is 13.2 Å². The highest BCUT2D eigenvalue weighted by Crippen LogP contribution is 2.42. The molecular formula is C20H27NO2. The van der Waals surface area contributed by atoms with E-state index in [0.717, 1.165) is 24.1 Å². The van der Waals surface area contributed by atoms with E-state index in [1.54, 1.807) is 0 Å². The fourth-order valence-corrected chi connectivity index (χ4v) is 3.02. The molecule has 1 aromatic rings. The van der Waals surface area contributed by atoms with Crippen molar-refractivity contribution < 1.29 is 10.2 Å². The number of hydrogen-bond acceptors (Lipinski definition) is 3. The maximum absolute atomic E-state index is 9.16. The van der Waals surface area contributed by atoms with Gasteiger partial charge in [-0.3, -0.25) is 0 Å². The Labute approximate surface area is 140 Å². The molecule has 0 spiro atoms. The smallest absolute Gasteiger partial charge is 0.0606 e. The lowest BCUT2D eigenvalue weighted by atomic mass is 9.72. The first-order chi connectivity index (χ1) is 11.0. The standard InChI is InChI=1S/C20H27NO2/c1-4-16-9-10-20(2,3)15-19(16)17-5-7-18(8-6-17)21(11-13-22)12-14-23/h4-8,22-23H,1,10-15H2,2-3H3. The molecule has 0 aliphatic heterocycles. The van der Waals surface area contributed by atoms with Crippen molar-refractivity contribution in [2.45, 2.75) is 26.7 Å². The maximum atomic E-state index is 9.16. The summed E-state index contributed by atoms with van der Waals surface area (Å²) in [6.07, 6.45) is 7.33. The zero-order valence-corrected chi connectivity index (χ0v) is 14.2. The lowest BCUT2D eigenvalue weighted by molar-refractivity contribution is 0.281. The summed E-state index contributed by atoms with van der Waals surface area (Å²) < 4.78 is 0. The summed E-state index contributed by atoms with van der Waals surface area (Å²) in [5.74, 6) is 0. The van der Waals surface area contributed by atoms with Crippen molar-refractivity contribution in [3.05, 3.63) is 54.5 Å². The van der Waals surface area contributed by atoms with Gasteiger partial charge < -0.3 is 15.1 Å². The molecule has 1 aliphatic rings. The van der Waals surface area contributed by atoms with E-state index in [9.17, 15) is 0 Å². The van der Waals surface area contributed by atoms with Crippen LogP contribution in [0.2, 0.25) is 0 Å². The number of hydrogen-bond donors (Lipinski definition) is 2. The van der Waals surface area contributed by atoms with Crippen molar-refractivity contribution in [3.63, 3.8) is 0 Å². The van der Waals surface area contributed by atoms with E-state index in [1.165, 1.54) is 11.1 Å². The third-order valence-corrected chi connectivity index (χ3v) is 4.26. The highest BCUT2D eigenvalue weighted by molar-refractivity contribution is 5.75. The average molecular weight is 313 g/mol. The normalized spacial score (nSPS) is 17.2. The van der Waals surface area contributed by atoms with Crippen LogP contribution in [0.3, 0.4) is 0 Å². The number of anilines is 1. The zero-order valence-electron chi connectivity index (χ0n) is 14.2. The fraction of sp³-hybridized carbons (Fsp3) is 0.450. The van der Waals surface area contributed by atoms with Crippen LogP contribution in [0.5, 0.6) is 0 Å². The van der Waals surface area contributed by atoms with E-state index >= 15 is 0 Å². The molecule has 3 heteroatoms. The van der Waals surface area contributed by atoms with Crippen molar-refractivity contribution in [2.24, 2.45) is 5.41 Å². The third-order valence-electron chi connectivity index (χ3n) is 4.26. The number of aliphatic hydroxyl groups excluding tert-OH is 2. The number of allylic oxidation sites excluding steroid dienone is 3. The van der Waals surface area contributed by atoms with Crippen LogP contribution in [0.1, 0.15) is 32.3 Å². The number of aliphatic hydroxyl groups is 2. The predicted octanol–water partition coefficient (Wildman–Crippen LogP) is 3.32. The first kappa shape index (κ1) is 17.8. The Morgan fingerprint density at radius 3 is 2.30 bits per heavy atom. The molecule has 2 N–H and O–H groups in total. The van der Waals surface area contributed by atoms with Gasteiger partial charge in [0, 0.05) is 25.2 Å². The highest BCUT2D eigenvalue weighted by Gasteiger charge is 2.27. The van der Waals surface area contributed by atoms with E-state index in [1.807, 2.05) is 11.0 Å². The molecule has 0 heterocycles. The molecule has 0 saturated heterocycles. The molecule has 1 aromatic carbocycles. The second kappa shape index (κ2) is 7.80. The Morgan fingerprint density at radius 1 is 1.17 bits per heavy atom. The summed E-state index contributed by atoms with van der Waals surface area (Å²) >= 11 is 0. The maximum Gasteiger partial charge on any atom is 0.0606 e. The predicted molar refractivity (Wildman–Crippen MR) is 96.2 cm³/mol. The molecule has 0 amide bonds. The molecule has 3 nitrogen and oxygen atoms in total. The monoisotopic (exact) mass is 313 g/mol. The number of nitrogens with zero attached hydrogens (tertiary/aromatic N) is 1. The lowest BCUT2D eigenvalue weighted by Crippen LogP contribution is -2.29. The highest BCUT2D eigenvalue weighted by atomic mass is 16.3. The van der Waals surface area contributed by atoms with E-state index in [-0.39, 0.29) is 18.6 Å². The minimum atomic E-state index is 0.0750. The second-order valence-corrected chi connectivity index (χ2v) is 6.77. The Hall–Kier alpha value is -1.58. The molecule has 1 aliphatic carbocycles. The van der Waals surface area contributed by atoms with Gasteiger partial charge in [0.25, 0.3) is 0 Å². The van der Waals surface area contributed by atoms with Crippen molar-refractivity contribution in [1.82, 2.24) is 0 Å². The molecule has 0 atom stereocenters. The number of rotatable bonds is 7. The van der Waals surface area contributed by atoms with Gasteiger partial charge in [0.2, 0.25) is 0 Å². The van der Waals surface area contributed by atoms with Gasteiger partial charge in [0.15, 0.2) is 0 Å². The largest absolute Gasteiger partial charge is 0.395 e. The van der Waals surface area contributed by atoms with Crippen LogP contribution < -0.4 is 4.90 Å². The topological polar surface area (TPSA) is 43.7 Å². The molecule has 23 heavy (non-hydrogen) atoms. The minimum Gasteiger partial charge on any atom is -0.395 e. The van der Waals surface area contributed by atoms with Gasteiger partial charge in [-0.25, -0.2) is 0 Å². The van der Waals surface area contributed by atoms with Gasteiger partial charge in [-0.2, -0.15) is 0 Å². The van der Waals surface area contributed by atoms with Gasteiger partial charge in [-0.05, 0) is 47.1 Å². The van der Waals surface area contributed by atoms with Gasteiger partial charge >= 0.3 is 0 Å². The Bertz CT molecular complexity index is 552. The molecule has 0 aromatic heterocycles. The van der Waals surface area contributed by atoms with Crippen LogP contribution >= 0.6 is 0 Å². The molecule has 0 bridgehead atoms. The molecule has 2 rings (SSSR count). The van der Waals surface area contributed by atoms with Crippen LogP contribution in [0.4, 0.5) is 5.69 Å². The van der Waals surface area contributed by atoms with E-state index in [2.05, 4.69) is 51.1 Å². The minimum absolute atomic E-state index is 0.0750. The molecular weight excluding hydrogens is 286 g/mol. The quantitative estimate of drug-likeness (QED) is 0.811. The fourth-order valence-electron chi connectivity index (χ4n) is 3.02. The van der Waals surface area contributed by atoms with Crippen molar-refractivity contribution >= 4 is 11.3 Å². The first-order valence-corrected chi connectivity index (χ1v) is 8.17. The van der Waals surface area contributed by atoms with Gasteiger partial charge in [0.1, 0.15) is 0 Å². The first-order valence-electron chi connectivity index (χ1n) is 8.17. The Balaban J connectivity index is 2.27. The Morgan fingerprint density at radius 2 is 1.78 bits per heavy atom. The SMILES string of the molecule is C=CC1=C(c2ccc(N(CCO)CCO)cc2)CC(C)(C)C[C]1. The van der Waals surface area contributed by atoms with Gasteiger partial charge in [-0.1, -0.05) is 38.6 Å². The van der Waals surface area contributed by atoms with Crippen LogP contribution in [-0.2, 0) is 0 Å². The molecule has 0 unspecified atom stereocenters. The summed E-state index contributed by atoms with van der Waals surface area (Å²) in [7, 11) is 0. The second-order valence-electron chi connectivity index (χ2n) is 6.77. The summed E-state index contributed by atoms with van der Waals surface area (Å²) in [4.78, 5) is 1.98. The summed E-state index contributed by atoms with van der Waals surface area (Å²) in [5.41, 5.74) is 4.83. The summed E-state index contributed by atoms with van der Waals surface area (Å²) in [6, 6.07) is 8.32. The van der Waals surface area contributed by atoms with Crippen molar-refractivity contribution in [3.8, 4) is 0 Å². The van der Waals surface area contributed by atoms with Crippen LogP contribution in [0, 0.1) is 11.8 Å². The van der Waals surface area contributed by atoms with Crippen molar-refractivity contribution in [1.29, 1.82) is 0 Å². The average Bonchev–Trinajstić information content (AvgIpc) is 2.54. The van der Waals surface area contributed by atoms with Crippen LogP contribution in [0.25, 0.3) is 5.57 Å². The lowest BCUT2D eigenvalue weighted by Gasteiger charge is -2.32. The summed E-state index contributed by atoms with van der Waals surface area (Å²) in [6.45, 7) is 9.64. The van der Waals surface area contributed by atoms with E-state index in [4.69, 9.17) is 10.2 Å². The Kier molecular flexibility index (Phi) is 6.03. The summed E-state index contributed by atoms with van der Waals surface area (Å²) in [5, 5.41) is 18.3. The van der Waals surface area contributed by atoms with Crippen LogP contribution in [-0.4, -0.2) is 36.5 Å². The zero-order chi connectivity index (χ0) is 16.9. The van der Waals surface area contributed by atoms with E-state index in [0.29, 0.717) is 13.1 Å². The third kappa shape index (κ3) is 4.46. The number of benzene rings is 1. The van der Waals surface area contributed by atoms with Crippen molar-refractivity contribution in [2.75, 3.05) is 31.2 Å². The molecule has 0 saturated carbocycles. The van der Waals surface area contributed by atoms with Gasteiger partial charge in [-0.15, -0.1) is 0 Å². The molecule has 2 radical (unpaired) electrons. The van der Waals surface area contributed by atoms with E-state index < -0.39 is 0 Å². The molecule has 124 valence electrons.